The lowest BCUT2D eigenvalue weighted by Crippen LogP contribution is -2.20. The van der Waals surface area contributed by atoms with Crippen LogP contribution in [0.3, 0.4) is 0 Å². The largest absolute Gasteiger partial charge is 0.416 e. The minimum atomic E-state index is -4.47. The van der Waals surface area contributed by atoms with Crippen molar-refractivity contribution in [2.75, 3.05) is 0 Å². The van der Waals surface area contributed by atoms with Gasteiger partial charge in [0.05, 0.1) is 16.9 Å². The molecule has 140 valence electrons. The summed E-state index contributed by atoms with van der Waals surface area (Å²) < 4.78 is 41.5. The highest BCUT2D eigenvalue weighted by Gasteiger charge is 2.30. The molecular weight excluding hydrogens is 369 g/mol. The molecule has 0 saturated carbocycles. The van der Waals surface area contributed by atoms with Crippen LogP contribution in [0.25, 0.3) is 23.5 Å². The number of rotatable bonds is 3. The van der Waals surface area contributed by atoms with Gasteiger partial charge in [-0.1, -0.05) is 18.2 Å². The minimum Gasteiger partial charge on any atom is -0.267 e. The number of nitrogens with zero attached hydrogens (tertiary/aromatic N) is 4. The molecule has 0 aliphatic heterocycles. The number of halogens is 3. The summed E-state index contributed by atoms with van der Waals surface area (Å²) in [4.78, 5) is 21.0. The maximum atomic E-state index is 13.0. The Kier molecular flexibility index (Phi) is 4.31. The fraction of sp³-hybridized carbons (Fsp3) is 0.0500. The van der Waals surface area contributed by atoms with E-state index in [1.54, 1.807) is 36.7 Å². The highest BCUT2D eigenvalue weighted by Crippen LogP contribution is 2.30. The van der Waals surface area contributed by atoms with Crippen LogP contribution in [0.5, 0.6) is 0 Å². The Labute approximate surface area is 157 Å². The standard InChI is InChI=1S/C20H13F3N4O/c21-20(22,23)15-4-1-5-17(11-15)26-10-8-18-25-16(12-19(28)27(18)26)7-6-14-3-2-9-24-13-14/h1-13H. The third-order valence-corrected chi connectivity index (χ3v) is 4.09. The predicted molar refractivity (Wildman–Crippen MR) is 99.0 cm³/mol. The average molecular weight is 382 g/mol. The van der Waals surface area contributed by atoms with Gasteiger partial charge < -0.3 is 0 Å². The zero-order valence-corrected chi connectivity index (χ0v) is 14.3. The second-order valence-electron chi connectivity index (χ2n) is 6.02. The van der Waals surface area contributed by atoms with Crippen LogP contribution in [-0.4, -0.2) is 19.2 Å². The molecule has 8 heteroatoms. The summed E-state index contributed by atoms with van der Waals surface area (Å²) in [6.45, 7) is 0. The molecule has 0 bridgehead atoms. The second kappa shape index (κ2) is 6.80. The van der Waals surface area contributed by atoms with Crippen LogP contribution in [0.4, 0.5) is 13.2 Å². The molecule has 0 amide bonds. The molecule has 0 saturated heterocycles. The van der Waals surface area contributed by atoms with Crippen LogP contribution in [0.1, 0.15) is 16.8 Å². The van der Waals surface area contributed by atoms with E-state index in [-0.39, 0.29) is 5.69 Å². The SMILES string of the molecule is O=c1cc(C=Cc2cccnc2)nc2ccn(-c3cccc(C(F)(F)F)c3)n12. The Morgan fingerprint density at radius 1 is 1.00 bits per heavy atom. The van der Waals surface area contributed by atoms with Crippen molar-refractivity contribution >= 4 is 17.8 Å². The lowest BCUT2D eigenvalue weighted by molar-refractivity contribution is -0.137. The third-order valence-electron chi connectivity index (χ3n) is 4.09. The molecule has 0 spiro atoms. The van der Waals surface area contributed by atoms with E-state index < -0.39 is 17.3 Å². The van der Waals surface area contributed by atoms with Crippen LogP contribution in [0.15, 0.2) is 71.9 Å². The first-order valence-electron chi connectivity index (χ1n) is 8.29. The summed E-state index contributed by atoms with van der Waals surface area (Å²) in [6.07, 6.45) is 3.83. The number of pyridine rings is 1. The summed E-state index contributed by atoms with van der Waals surface area (Å²) in [6, 6.07) is 11.3. The van der Waals surface area contributed by atoms with Gasteiger partial charge in [-0.25, -0.2) is 4.98 Å². The average Bonchev–Trinajstić information content (AvgIpc) is 3.11. The van der Waals surface area contributed by atoms with Gasteiger partial charge in [-0.3, -0.25) is 14.5 Å². The lowest BCUT2D eigenvalue weighted by atomic mass is 10.2. The van der Waals surface area contributed by atoms with Crippen molar-refractivity contribution in [1.82, 2.24) is 19.2 Å². The van der Waals surface area contributed by atoms with Crippen LogP contribution in [-0.2, 0) is 6.18 Å². The summed E-state index contributed by atoms with van der Waals surface area (Å²) in [5, 5.41) is 0. The normalized spacial score (nSPS) is 12.1. The first-order chi connectivity index (χ1) is 13.4. The number of hydrogen-bond acceptors (Lipinski definition) is 3. The van der Waals surface area contributed by atoms with Gasteiger partial charge in [0.15, 0.2) is 5.65 Å². The molecule has 28 heavy (non-hydrogen) atoms. The zero-order valence-electron chi connectivity index (χ0n) is 14.3. The molecule has 4 rings (SSSR count). The van der Waals surface area contributed by atoms with Crippen LogP contribution in [0.2, 0.25) is 0 Å². The Morgan fingerprint density at radius 3 is 2.61 bits per heavy atom. The first-order valence-corrected chi connectivity index (χ1v) is 8.29. The summed E-state index contributed by atoms with van der Waals surface area (Å²) >= 11 is 0. The molecule has 0 fully saturated rings. The Hall–Kier alpha value is -3.68. The first kappa shape index (κ1) is 17.7. The van der Waals surface area contributed by atoms with E-state index in [0.717, 1.165) is 17.7 Å². The van der Waals surface area contributed by atoms with E-state index in [1.807, 2.05) is 6.07 Å². The maximum Gasteiger partial charge on any atom is 0.416 e. The van der Waals surface area contributed by atoms with Crippen LogP contribution in [0, 0.1) is 0 Å². The molecule has 0 atom stereocenters. The molecule has 1 aromatic carbocycles. The molecule has 4 aromatic rings. The Morgan fingerprint density at radius 2 is 1.86 bits per heavy atom. The second-order valence-corrected chi connectivity index (χ2v) is 6.02. The highest BCUT2D eigenvalue weighted by molar-refractivity contribution is 5.68. The number of benzene rings is 1. The number of fused-ring (bicyclic) bond motifs is 1. The highest BCUT2D eigenvalue weighted by atomic mass is 19.4. The third kappa shape index (κ3) is 3.44. The Balaban J connectivity index is 1.76. The zero-order chi connectivity index (χ0) is 19.7. The molecule has 5 nitrogen and oxygen atoms in total. The van der Waals surface area contributed by atoms with Gasteiger partial charge in [-0.2, -0.15) is 17.7 Å². The van der Waals surface area contributed by atoms with Crippen LogP contribution >= 0.6 is 0 Å². The van der Waals surface area contributed by atoms with Gasteiger partial charge in [-0.05, 0) is 35.9 Å². The van der Waals surface area contributed by atoms with Crippen molar-refractivity contribution in [1.29, 1.82) is 0 Å². The molecule has 0 aliphatic rings. The number of hydrogen-bond donors (Lipinski definition) is 0. The van der Waals surface area contributed by atoms with Crippen molar-refractivity contribution < 1.29 is 13.2 Å². The summed E-state index contributed by atoms with van der Waals surface area (Å²) in [5.41, 5.74) is 0.645. The van der Waals surface area contributed by atoms with Crippen molar-refractivity contribution in [2.24, 2.45) is 0 Å². The molecular formula is C20H13F3N4O. The molecule has 3 aromatic heterocycles. The number of alkyl halides is 3. The topological polar surface area (TPSA) is 52.2 Å². The van der Waals surface area contributed by atoms with Crippen molar-refractivity contribution in [2.45, 2.75) is 6.18 Å². The van der Waals surface area contributed by atoms with Gasteiger partial charge in [0, 0.05) is 30.7 Å². The molecule has 0 N–H and O–H groups in total. The van der Waals surface area contributed by atoms with E-state index in [4.69, 9.17) is 0 Å². The van der Waals surface area contributed by atoms with E-state index in [9.17, 15) is 18.0 Å². The van der Waals surface area contributed by atoms with Crippen molar-refractivity contribution in [3.05, 3.63) is 94.3 Å². The Bertz CT molecular complexity index is 1220. The molecule has 0 unspecified atom stereocenters. The quantitative estimate of drug-likeness (QED) is 0.537. The van der Waals surface area contributed by atoms with Gasteiger partial charge in [0.2, 0.25) is 0 Å². The maximum absolute atomic E-state index is 13.0. The van der Waals surface area contributed by atoms with E-state index in [1.165, 1.54) is 33.6 Å². The van der Waals surface area contributed by atoms with Gasteiger partial charge in [0.25, 0.3) is 5.56 Å². The lowest BCUT2D eigenvalue weighted by Gasteiger charge is -2.10. The summed E-state index contributed by atoms with van der Waals surface area (Å²) in [7, 11) is 0. The van der Waals surface area contributed by atoms with Crippen LogP contribution < -0.4 is 5.56 Å². The summed E-state index contributed by atoms with van der Waals surface area (Å²) in [5.74, 6) is 0. The fourth-order valence-electron chi connectivity index (χ4n) is 2.81. The minimum absolute atomic E-state index is 0.215. The van der Waals surface area contributed by atoms with E-state index >= 15 is 0 Å². The number of aromatic nitrogens is 4. The van der Waals surface area contributed by atoms with E-state index in [2.05, 4.69) is 9.97 Å². The monoisotopic (exact) mass is 382 g/mol. The molecule has 0 radical (unpaired) electrons. The molecule has 3 heterocycles. The molecule has 0 aliphatic carbocycles. The van der Waals surface area contributed by atoms with Gasteiger partial charge in [-0.15, -0.1) is 0 Å². The van der Waals surface area contributed by atoms with E-state index in [0.29, 0.717) is 11.3 Å². The van der Waals surface area contributed by atoms with Crippen molar-refractivity contribution in [3.63, 3.8) is 0 Å². The fourth-order valence-corrected chi connectivity index (χ4v) is 2.81. The van der Waals surface area contributed by atoms with Crippen molar-refractivity contribution in [3.8, 4) is 5.69 Å². The smallest absolute Gasteiger partial charge is 0.267 e. The predicted octanol–water partition coefficient (Wildman–Crippen LogP) is 4.07. The van der Waals surface area contributed by atoms with Gasteiger partial charge >= 0.3 is 6.18 Å². The van der Waals surface area contributed by atoms with Gasteiger partial charge in [0.1, 0.15) is 0 Å².